The average molecular weight is 457 g/mol. The highest BCUT2D eigenvalue weighted by molar-refractivity contribution is 6.46. The number of amides is 1. The van der Waals surface area contributed by atoms with Crippen molar-refractivity contribution in [1.29, 1.82) is 0 Å². The molecule has 0 aromatic heterocycles. The molecular formula is C25H29ClN2O4. The number of aliphatic hydroxyl groups excluding tert-OH is 1. The molecule has 2 aromatic rings. The highest BCUT2D eigenvalue weighted by Gasteiger charge is 2.45. The SMILES string of the molecule is CCOc1ccc(C(O)=C2C(=O)C(=O)N(CCN(CC)CC)[C@@H]2c2ccccc2)cc1Cl. The van der Waals surface area contributed by atoms with Gasteiger partial charge in [0.25, 0.3) is 11.7 Å². The predicted molar refractivity (Wildman–Crippen MR) is 126 cm³/mol. The molecule has 0 bridgehead atoms. The van der Waals surface area contributed by atoms with Crippen molar-refractivity contribution in [3.05, 3.63) is 70.3 Å². The van der Waals surface area contributed by atoms with Crippen molar-refractivity contribution in [2.24, 2.45) is 0 Å². The second-order valence-corrected chi connectivity index (χ2v) is 7.92. The van der Waals surface area contributed by atoms with E-state index in [0.29, 0.717) is 36.0 Å². The van der Waals surface area contributed by atoms with Crippen molar-refractivity contribution in [3.8, 4) is 5.75 Å². The van der Waals surface area contributed by atoms with Crippen LogP contribution in [0.5, 0.6) is 5.75 Å². The van der Waals surface area contributed by atoms with Crippen LogP contribution in [-0.4, -0.2) is 59.4 Å². The molecule has 3 rings (SSSR count). The molecule has 2 aromatic carbocycles. The summed E-state index contributed by atoms with van der Waals surface area (Å²) >= 11 is 6.30. The lowest BCUT2D eigenvalue weighted by atomic mass is 9.95. The summed E-state index contributed by atoms with van der Waals surface area (Å²) in [5.74, 6) is -1.05. The first-order valence-electron chi connectivity index (χ1n) is 10.9. The molecule has 0 unspecified atom stereocenters. The van der Waals surface area contributed by atoms with Crippen LogP contribution in [0.3, 0.4) is 0 Å². The third-order valence-corrected chi connectivity index (χ3v) is 6.01. The fourth-order valence-corrected chi connectivity index (χ4v) is 4.19. The summed E-state index contributed by atoms with van der Waals surface area (Å²) in [5, 5.41) is 11.5. The van der Waals surface area contributed by atoms with Gasteiger partial charge in [0.2, 0.25) is 0 Å². The number of rotatable bonds is 9. The van der Waals surface area contributed by atoms with Gasteiger partial charge in [-0.15, -0.1) is 0 Å². The van der Waals surface area contributed by atoms with Crippen LogP contribution >= 0.6 is 11.6 Å². The van der Waals surface area contributed by atoms with Gasteiger partial charge in [-0.05, 0) is 43.8 Å². The molecule has 7 heteroatoms. The summed E-state index contributed by atoms with van der Waals surface area (Å²) in [6, 6.07) is 13.5. The quantitative estimate of drug-likeness (QED) is 0.341. The zero-order chi connectivity index (χ0) is 23.3. The Labute approximate surface area is 194 Å². The summed E-state index contributed by atoms with van der Waals surface area (Å²) in [6.45, 7) is 9.14. The molecule has 32 heavy (non-hydrogen) atoms. The van der Waals surface area contributed by atoms with Gasteiger partial charge in [0.05, 0.1) is 23.2 Å². The third kappa shape index (κ3) is 4.81. The van der Waals surface area contributed by atoms with Gasteiger partial charge in [0.15, 0.2) is 0 Å². The minimum Gasteiger partial charge on any atom is -0.507 e. The van der Waals surface area contributed by atoms with Crippen LogP contribution in [0.2, 0.25) is 5.02 Å². The molecule has 1 fully saturated rings. The Balaban J connectivity index is 2.07. The van der Waals surface area contributed by atoms with Crippen molar-refractivity contribution in [3.63, 3.8) is 0 Å². The lowest BCUT2D eigenvalue weighted by molar-refractivity contribution is -0.140. The average Bonchev–Trinajstić information content (AvgIpc) is 3.06. The second kappa shape index (κ2) is 10.7. The van der Waals surface area contributed by atoms with Crippen LogP contribution in [0.4, 0.5) is 0 Å². The number of likely N-dealkylation sites (tertiary alicyclic amines) is 1. The van der Waals surface area contributed by atoms with Crippen LogP contribution in [0.1, 0.15) is 37.9 Å². The van der Waals surface area contributed by atoms with E-state index in [1.807, 2.05) is 37.3 Å². The molecule has 0 saturated carbocycles. The summed E-state index contributed by atoms with van der Waals surface area (Å²) in [6.07, 6.45) is 0. The van der Waals surface area contributed by atoms with E-state index in [1.165, 1.54) is 0 Å². The number of nitrogens with zero attached hydrogens (tertiary/aromatic N) is 2. The molecule has 1 amide bonds. The van der Waals surface area contributed by atoms with Crippen LogP contribution in [0, 0.1) is 0 Å². The van der Waals surface area contributed by atoms with Crippen LogP contribution in [-0.2, 0) is 9.59 Å². The van der Waals surface area contributed by atoms with Gasteiger partial charge in [-0.2, -0.15) is 0 Å². The topological polar surface area (TPSA) is 70.1 Å². The first-order valence-corrected chi connectivity index (χ1v) is 11.3. The molecule has 1 saturated heterocycles. The van der Waals surface area contributed by atoms with Crippen LogP contribution < -0.4 is 4.74 Å². The zero-order valence-electron chi connectivity index (χ0n) is 18.7. The van der Waals surface area contributed by atoms with E-state index in [2.05, 4.69) is 18.7 Å². The minimum absolute atomic E-state index is 0.0703. The Hall–Kier alpha value is -2.83. The number of likely N-dealkylation sites (N-methyl/N-ethyl adjacent to an activating group) is 1. The highest BCUT2D eigenvalue weighted by Crippen LogP contribution is 2.40. The molecule has 1 aliphatic heterocycles. The number of carbonyl (C=O) groups excluding carboxylic acids is 2. The van der Waals surface area contributed by atoms with Crippen LogP contribution in [0.25, 0.3) is 5.76 Å². The van der Waals surface area contributed by atoms with E-state index >= 15 is 0 Å². The fraction of sp³-hybridized carbons (Fsp3) is 0.360. The Bertz CT molecular complexity index is 1000. The highest BCUT2D eigenvalue weighted by atomic mass is 35.5. The lowest BCUT2D eigenvalue weighted by Crippen LogP contribution is -2.38. The minimum atomic E-state index is -0.694. The Morgan fingerprint density at radius 3 is 2.38 bits per heavy atom. The number of benzene rings is 2. The Morgan fingerprint density at radius 2 is 1.78 bits per heavy atom. The number of hydrogen-bond donors (Lipinski definition) is 1. The van der Waals surface area contributed by atoms with E-state index in [9.17, 15) is 14.7 Å². The largest absolute Gasteiger partial charge is 0.507 e. The smallest absolute Gasteiger partial charge is 0.295 e. The van der Waals surface area contributed by atoms with Gasteiger partial charge in [0, 0.05) is 18.7 Å². The molecule has 0 spiro atoms. The van der Waals surface area contributed by atoms with Crippen molar-refractivity contribution < 1.29 is 19.4 Å². The molecule has 1 aliphatic rings. The maximum absolute atomic E-state index is 13.1. The van der Waals surface area contributed by atoms with E-state index in [0.717, 1.165) is 18.7 Å². The number of carbonyl (C=O) groups is 2. The molecular weight excluding hydrogens is 428 g/mol. The van der Waals surface area contributed by atoms with Gasteiger partial charge >= 0.3 is 0 Å². The van der Waals surface area contributed by atoms with E-state index < -0.39 is 17.7 Å². The van der Waals surface area contributed by atoms with Gasteiger partial charge in [-0.25, -0.2) is 0 Å². The first-order chi connectivity index (χ1) is 15.4. The summed E-state index contributed by atoms with van der Waals surface area (Å²) in [5.41, 5.74) is 1.20. The molecule has 1 heterocycles. The second-order valence-electron chi connectivity index (χ2n) is 7.51. The van der Waals surface area contributed by atoms with Gasteiger partial charge in [-0.1, -0.05) is 55.8 Å². The molecule has 170 valence electrons. The molecule has 6 nitrogen and oxygen atoms in total. The number of Topliss-reactive ketones (excluding diaryl/α,β-unsaturated/α-hetero) is 1. The monoisotopic (exact) mass is 456 g/mol. The lowest BCUT2D eigenvalue weighted by Gasteiger charge is -2.28. The Morgan fingerprint density at radius 1 is 1.09 bits per heavy atom. The van der Waals surface area contributed by atoms with Gasteiger partial charge < -0.3 is 19.6 Å². The van der Waals surface area contributed by atoms with Gasteiger partial charge in [-0.3, -0.25) is 9.59 Å². The van der Waals surface area contributed by atoms with Crippen molar-refractivity contribution in [1.82, 2.24) is 9.80 Å². The van der Waals surface area contributed by atoms with E-state index in [1.54, 1.807) is 23.1 Å². The van der Waals surface area contributed by atoms with Crippen molar-refractivity contribution in [2.45, 2.75) is 26.8 Å². The number of aliphatic hydroxyl groups is 1. The van der Waals surface area contributed by atoms with Crippen LogP contribution in [0.15, 0.2) is 54.1 Å². The fourth-order valence-electron chi connectivity index (χ4n) is 3.96. The van der Waals surface area contributed by atoms with E-state index in [-0.39, 0.29) is 11.3 Å². The molecule has 0 aliphatic carbocycles. The normalized spacial score (nSPS) is 17.9. The summed E-state index contributed by atoms with van der Waals surface area (Å²) in [7, 11) is 0. The number of ketones is 1. The number of hydrogen-bond acceptors (Lipinski definition) is 5. The maximum Gasteiger partial charge on any atom is 0.295 e. The molecule has 0 radical (unpaired) electrons. The zero-order valence-corrected chi connectivity index (χ0v) is 19.4. The van der Waals surface area contributed by atoms with Gasteiger partial charge in [0.1, 0.15) is 11.5 Å². The van der Waals surface area contributed by atoms with Crippen molar-refractivity contribution >= 4 is 29.1 Å². The first kappa shape index (κ1) is 23.8. The summed E-state index contributed by atoms with van der Waals surface area (Å²) < 4.78 is 5.45. The maximum atomic E-state index is 13.1. The number of ether oxygens (including phenoxy) is 1. The Kier molecular flexibility index (Phi) is 7.94. The third-order valence-electron chi connectivity index (χ3n) is 5.71. The number of halogens is 1. The standard InChI is InChI=1S/C25H29ClN2O4/c1-4-27(5-2)14-15-28-22(17-10-8-7-9-11-17)21(24(30)25(28)31)23(29)18-12-13-20(32-6-3)19(26)16-18/h7-13,16,22,29H,4-6,14-15H2,1-3H3/t22-/m1/s1. The summed E-state index contributed by atoms with van der Waals surface area (Å²) in [4.78, 5) is 29.8. The molecule has 1 N–H and O–H groups in total. The molecule has 1 atom stereocenters. The predicted octanol–water partition coefficient (Wildman–Crippen LogP) is 4.50. The van der Waals surface area contributed by atoms with Crippen molar-refractivity contribution in [2.75, 3.05) is 32.8 Å². The van der Waals surface area contributed by atoms with E-state index in [4.69, 9.17) is 16.3 Å².